The molecule has 1 aromatic heterocycles. The van der Waals surface area contributed by atoms with Crippen LogP contribution in [-0.4, -0.2) is 54.7 Å². The Hall–Kier alpha value is -2.45. The Bertz CT molecular complexity index is 1080. The number of rotatable bonds is 3. The van der Waals surface area contributed by atoms with Gasteiger partial charge in [0.15, 0.2) is 0 Å². The summed E-state index contributed by atoms with van der Waals surface area (Å²) < 4.78 is 14.4. The molecule has 2 aromatic rings. The molecular weight excluding hydrogens is 384 g/mol. The normalized spacial score (nSPS) is 36.4. The van der Waals surface area contributed by atoms with E-state index in [1.807, 2.05) is 6.07 Å². The lowest BCUT2D eigenvalue weighted by atomic mass is 9.66. The van der Waals surface area contributed by atoms with E-state index < -0.39 is 41.0 Å². The van der Waals surface area contributed by atoms with Crippen LogP contribution in [0.4, 0.5) is 5.69 Å². The third-order valence-corrected chi connectivity index (χ3v) is 6.93. The zero-order chi connectivity index (χ0) is 19.8. The molecule has 5 atom stereocenters. The molecule has 2 unspecified atom stereocenters. The standard InChI is InChI=1S/C18H16N4O5S/c1-17-10(24)6-18(27-17,4-5-23)12-11(17)15(25)22(16(12)26)9-3-2-8(7-19)13-14(9)21-28-20-13/h2-3,10-12,23-24H,4-6H2,1H3/t10-,11-,12+,17?,18?/m0/s1. The fraction of sp³-hybridized carbons (Fsp3) is 0.500. The van der Waals surface area contributed by atoms with Crippen LogP contribution in [0.1, 0.15) is 25.3 Å². The summed E-state index contributed by atoms with van der Waals surface area (Å²) in [6.45, 7) is 1.43. The van der Waals surface area contributed by atoms with Gasteiger partial charge >= 0.3 is 0 Å². The molecule has 4 heterocycles. The van der Waals surface area contributed by atoms with E-state index in [0.717, 1.165) is 16.6 Å². The van der Waals surface area contributed by atoms with Crippen molar-refractivity contribution in [3.05, 3.63) is 17.7 Å². The van der Waals surface area contributed by atoms with E-state index in [9.17, 15) is 25.1 Å². The van der Waals surface area contributed by atoms with Crippen molar-refractivity contribution >= 4 is 40.3 Å². The van der Waals surface area contributed by atoms with Crippen molar-refractivity contribution in [2.24, 2.45) is 11.8 Å². The van der Waals surface area contributed by atoms with Crippen molar-refractivity contribution in [1.82, 2.24) is 8.75 Å². The second-order valence-electron chi connectivity index (χ2n) is 7.72. The maximum atomic E-state index is 13.4. The second kappa shape index (κ2) is 5.55. The molecule has 2 bridgehead atoms. The number of hydrogen-bond acceptors (Lipinski definition) is 9. The molecule has 2 N–H and O–H groups in total. The number of hydrogen-bond donors (Lipinski definition) is 2. The Morgan fingerprint density at radius 2 is 2.04 bits per heavy atom. The Morgan fingerprint density at radius 3 is 2.75 bits per heavy atom. The largest absolute Gasteiger partial charge is 0.396 e. The zero-order valence-electron chi connectivity index (χ0n) is 14.8. The molecular formula is C18H16N4O5S. The van der Waals surface area contributed by atoms with E-state index in [1.165, 1.54) is 12.1 Å². The number of carbonyl (C=O) groups excluding carboxylic acids is 2. The van der Waals surface area contributed by atoms with Crippen LogP contribution in [0.3, 0.4) is 0 Å². The summed E-state index contributed by atoms with van der Waals surface area (Å²) in [4.78, 5) is 27.8. The molecule has 5 rings (SSSR count). The van der Waals surface area contributed by atoms with Gasteiger partial charge in [0.2, 0.25) is 11.8 Å². The predicted octanol–water partition coefficient (Wildman–Crippen LogP) is 0.343. The maximum absolute atomic E-state index is 13.4. The monoisotopic (exact) mass is 400 g/mol. The summed E-state index contributed by atoms with van der Waals surface area (Å²) in [5.74, 6) is -2.52. The quantitative estimate of drug-likeness (QED) is 0.704. The van der Waals surface area contributed by atoms with Gasteiger partial charge in [0, 0.05) is 19.4 Å². The molecule has 0 aliphatic carbocycles. The van der Waals surface area contributed by atoms with Crippen LogP contribution in [0.15, 0.2) is 12.1 Å². The summed E-state index contributed by atoms with van der Waals surface area (Å²) in [5, 5.41) is 29.3. The van der Waals surface area contributed by atoms with E-state index in [-0.39, 0.29) is 25.1 Å². The molecule has 1 aromatic carbocycles. The van der Waals surface area contributed by atoms with Gasteiger partial charge in [0.1, 0.15) is 22.7 Å². The lowest BCUT2D eigenvalue weighted by molar-refractivity contribution is -0.134. The molecule has 0 saturated carbocycles. The van der Waals surface area contributed by atoms with Gasteiger partial charge in [-0.15, -0.1) is 0 Å². The summed E-state index contributed by atoms with van der Waals surface area (Å²) in [6, 6.07) is 5.07. The van der Waals surface area contributed by atoms with E-state index >= 15 is 0 Å². The van der Waals surface area contributed by atoms with E-state index in [1.54, 1.807) is 6.92 Å². The molecule has 3 saturated heterocycles. The Balaban J connectivity index is 1.66. The minimum Gasteiger partial charge on any atom is -0.396 e. The number of aliphatic hydroxyl groups is 2. The van der Waals surface area contributed by atoms with Crippen molar-refractivity contribution in [2.45, 2.75) is 37.1 Å². The first-order valence-corrected chi connectivity index (χ1v) is 9.63. The van der Waals surface area contributed by atoms with Gasteiger partial charge in [0.05, 0.1) is 46.5 Å². The van der Waals surface area contributed by atoms with Gasteiger partial charge in [-0.05, 0) is 19.1 Å². The number of nitriles is 1. The number of benzene rings is 1. The first-order chi connectivity index (χ1) is 13.4. The average Bonchev–Trinajstić information content (AvgIpc) is 3.35. The van der Waals surface area contributed by atoms with Crippen LogP contribution in [0, 0.1) is 23.2 Å². The molecule has 9 nitrogen and oxygen atoms in total. The minimum atomic E-state index is -1.19. The minimum absolute atomic E-state index is 0.161. The lowest BCUT2D eigenvalue weighted by Gasteiger charge is -2.33. The lowest BCUT2D eigenvalue weighted by Crippen LogP contribution is -2.49. The number of aliphatic hydroxyl groups excluding tert-OH is 2. The smallest absolute Gasteiger partial charge is 0.240 e. The molecule has 2 amide bonds. The van der Waals surface area contributed by atoms with Crippen LogP contribution >= 0.6 is 11.7 Å². The molecule has 3 aliphatic rings. The van der Waals surface area contributed by atoms with E-state index in [4.69, 9.17) is 4.74 Å². The van der Waals surface area contributed by atoms with E-state index in [0.29, 0.717) is 16.6 Å². The average molecular weight is 400 g/mol. The number of aromatic nitrogens is 2. The summed E-state index contributed by atoms with van der Waals surface area (Å²) in [5.41, 5.74) is -0.994. The number of carbonyl (C=O) groups is 2. The summed E-state index contributed by atoms with van der Waals surface area (Å²) >= 11 is 0.901. The second-order valence-corrected chi connectivity index (χ2v) is 8.25. The first-order valence-electron chi connectivity index (χ1n) is 8.90. The van der Waals surface area contributed by atoms with Crippen molar-refractivity contribution in [2.75, 3.05) is 11.5 Å². The molecule has 3 fully saturated rings. The van der Waals surface area contributed by atoms with E-state index in [2.05, 4.69) is 8.75 Å². The third kappa shape index (κ3) is 1.89. The number of imide groups is 1. The topological polar surface area (TPSA) is 137 Å². The number of ether oxygens (including phenoxy) is 1. The highest BCUT2D eigenvalue weighted by Gasteiger charge is 2.76. The SMILES string of the molecule is CC12OC(CCO)(C[C@@H]1O)[C@H]1C(=O)N(c3ccc(C#N)c4nsnc34)C(=O)[C@H]12. The van der Waals surface area contributed by atoms with Crippen molar-refractivity contribution < 1.29 is 24.5 Å². The van der Waals surface area contributed by atoms with Crippen LogP contribution in [0.25, 0.3) is 11.0 Å². The highest BCUT2D eigenvalue weighted by atomic mass is 32.1. The number of nitrogens with zero attached hydrogens (tertiary/aromatic N) is 4. The van der Waals surface area contributed by atoms with Crippen LogP contribution in [-0.2, 0) is 14.3 Å². The number of amides is 2. The fourth-order valence-corrected chi connectivity index (χ4v) is 5.74. The molecule has 0 spiro atoms. The molecule has 10 heteroatoms. The van der Waals surface area contributed by atoms with Gasteiger partial charge in [-0.2, -0.15) is 14.0 Å². The maximum Gasteiger partial charge on any atom is 0.240 e. The van der Waals surface area contributed by atoms with Crippen molar-refractivity contribution in [3.8, 4) is 6.07 Å². The van der Waals surface area contributed by atoms with Crippen LogP contribution < -0.4 is 4.90 Å². The zero-order valence-corrected chi connectivity index (χ0v) is 15.6. The molecule has 144 valence electrons. The van der Waals surface area contributed by atoms with Crippen molar-refractivity contribution in [1.29, 1.82) is 5.26 Å². The predicted molar refractivity (Wildman–Crippen MR) is 96.2 cm³/mol. The highest BCUT2D eigenvalue weighted by Crippen LogP contribution is 2.62. The summed E-state index contributed by atoms with van der Waals surface area (Å²) in [6.07, 6.45) is -0.549. The number of anilines is 1. The summed E-state index contributed by atoms with van der Waals surface area (Å²) in [7, 11) is 0. The number of fused-ring (bicyclic) bond motifs is 6. The van der Waals surface area contributed by atoms with Crippen molar-refractivity contribution in [3.63, 3.8) is 0 Å². The molecule has 3 aliphatic heterocycles. The van der Waals surface area contributed by atoms with Crippen LogP contribution in [0.5, 0.6) is 0 Å². The Labute approximate surface area is 163 Å². The van der Waals surface area contributed by atoms with Gasteiger partial charge in [-0.25, -0.2) is 4.90 Å². The van der Waals surface area contributed by atoms with Crippen LogP contribution in [0.2, 0.25) is 0 Å². The Kier molecular flexibility index (Phi) is 3.49. The molecule has 0 radical (unpaired) electrons. The van der Waals surface area contributed by atoms with Gasteiger partial charge in [0.25, 0.3) is 0 Å². The van der Waals surface area contributed by atoms with Gasteiger partial charge in [-0.1, -0.05) is 0 Å². The first kappa shape index (κ1) is 17.6. The molecule has 28 heavy (non-hydrogen) atoms. The third-order valence-electron chi connectivity index (χ3n) is 6.40. The highest BCUT2D eigenvalue weighted by molar-refractivity contribution is 7.00. The van der Waals surface area contributed by atoms with Gasteiger partial charge in [-0.3, -0.25) is 9.59 Å². The Morgan fingerprint density at radius 1 is 1.32 bits per heavy atom. The van der Waals surface area contributed by atoms with Gasteiger partial charge < -0.3 is 14.9 Å². The fourth-order valence-electron chi connectivity index (χ4n) is 5.18.